The van der Waals surface area contributed by atoms with Crippen molar-refractivity contribution < 1.29 is 0 Å². The standard InChI is InChI=1S/C8H7N3S2/c1-5-11-7(3-13-5)6-2-9-4-10-8(6)12/h2-4H,1H3,(H,9,10,12). The van der Waals surface area contributed by atoms with E-state index in [1.54, 1.807) is 23.9 Å². The van der Waals surface area contributed by atoms with Crippen LogP contribution in [0.15, 0.2) is 17.9 Å². The Kier molecular flexibility index (Phi) is 2.20. The summed E-state index contributed by atoms with van der Waals surface area (Å²) in [6, 6.07) is 0. The van der Waals surface area contributed by atoms with E-state index in [2.05, 4.69) is 15.0 Å². The maximum Gasteiger partial charge on any atom is 0.115 e. The molecule has 0 radical (unpaired) electrons. The zero-order chi connectivity index (χ0) is 9.26. The third kappa shape index (κ3) is 1.66. The van der Waals surface area contributed by atoms with Crippen LogP contribution >= 0.6 is 23.6 Å². The fraction of sp³-hybridized carbons (Fsp3) is 0.125. The molecule has 0 atom stereocenters. The minimum absolute atomic E-state index is 0.681. The van der Waals surface area contributed by atoms with Crippen LogP contribution in [0, 0.1) is 11.6 Å². The van der Waals surface area contributed by atoms with Gasteiger partial charge in [-0.1, -0.05) is 12.2 Å². The van der Waals surface area contributed by atoms with Crippen molar-refractivity contribution in [3.63, 3.8) is 0 Å². The van der Waals surface area contributed by atoms with Crippen molar-refractivity contribution in [2.45, 2.75) is 6.92 Å². The predicted molar refractivity (Wildman–Crippen MR) is 55.3 cm³/mol. The summed E-state index contributed by atoms with van der Waals surface area (Å²) in [7, 11) is 0. The van der Waals surface area contributed by atoms with E-state index < -0.39 is 0 Å². The van der Waals surface area contributed by atoms with E-state index in [4.69, 9.17) is 12.2 Å². The quantitative estimate of drug-likeness (QED) is 0.734. The molecule has 0 spiro atoms. The predicted octanol–water partition coefficient (Wildman–Crippen LogP) is 2.57. The number of aromatic amines is 1. The third-order valence-electron chi connectivity index (χ3n) is 1.61. The van der Waals surface area contributed by atoms with E-state index in [-0.39, 0.29) is 0 Å². The van der Waals surface area contributed by atoms with Gasteiger partial charge in [0.2, 0.25) is 0 Å². The van der Waals surface area contributed by atoms with Gasteiger partial charge < -0.3 is 4.98 Å². The molecular weight excluding hydrogens is 202 g/mol. The van der Waals surface area contributed by atoms with Crippen LogP contribution in [-0.4, -0.2) is 15.0 Å². The van der Waals surface area contributed by atoms with E-state index >= 15 is 0 Å². The molecule has 0 aliphatic heterocycles. The maximum atomic E-state index is 5.11. The summed E-state index contributed by atoms with van der Waals surface area (Å²) >= 11 is 6.72. The Hall–Kier alpha value is -1.07. The van der Waals surface area contributed by atoms with Gasteiger partial charge in [-0.25, -0.2) is 9.97 Å². The molecule has 0 fully saturated rings. The first kappa shape index (κ1) is 8.52. The second kappa shape index (κ2) is 3.35. The number of rotatable bonds is 1. The Morgan fingerprint density at radius 3 is 3.00 bits per heavy atom. The Morgan fingerprint density at radius 1 is 1.54 bits per heavy atom. The monoisotopic (exact) mass is 209 g/mol. The smallest absolute Gasteiger partial charge is 0.115 e. The second-order valence-electron chi connectivity index (χ2n) is 2.55. The third-order valence-corrected chi connectivity index (χ3v) is 2.72. The van der Waals surface area contributed by atoms with Gasteiger partial charge in [-0.3, -0.25) is 0 Å². The fourth-order valence-corrected chi connectivity index (χ4v) is 1.84. The van der Waals surface area contributed by atoms with Gasteiger partial charge in [-0.2, -0.15) is 0 Å². The van der Waals surface area contributed by atoms with E-state index in [9.17, 15) is 0 Å². The van der Waals surface area contributed by atoms with E-state index in [0.717, 1.165) is 16.3 Å². The molecular formula is C8H7N3S2. The lowest BCUT2D eigenvalue weighted by Gasteiger charge is -1.93. The molecule has 0 saturated carbocycles. The summed E-state index contributed by atoms with van der Waals surface area (Å²) < 4.78 is 0.681. The lowest BCUT2D eigenvalue weighted by molar-refractivity contribution is 1.14. The summed E-state index contributed by atoms with van der Waals surface area (Å²) in [6.07, 6.45) is 3.30. The van der Waals surface area contributed by atoms with Crippen LogP contribution in [0.25, 0.3) is 11.3 Å². The molecule has 0 bridgehead atoms. The van der Waals surface area contributed by atoms with Crippen molar-refractivity contribution in [1.82, 2.24) is 15.0 Å². The largest absolute Gasteiger partial charge is 0.337 e. The lowest BCUT2D eigenvalue weighted by Crippen LogP contribution is -1.84. The molecule has 2 aromatic heterocycles. The van der Waals surface area contributed by atoms with Crippen LogP contribution < -0.4 is 0 Å². The first-order valence-corrected chi connectivity index (χ1v) is 5.01. The van der Waals surface area contributed by atoms with Crippen LogP contribution in [0.4, 0.5) is 0 Å². The Balaban J connectivity index is 2.59. The average molecular weight is 209 g/mol. The highest BCUT2D eigenvalue weighted by atomic mass is 32.1. The fourth-order valence-electron chi connectivity index (χ4n) is 1.01. The number of aryl methyl sites for hydroxylation is 1. The summed E-state index contributed by atoms with van der Waals surface area (Å²) in [4.78, 5) is 11.2. The lowest BCUT2D eigenvalue weighted by atomic mass is 10.3. The number of hydrogen-bond donors (Lipinski definition) is 1. The molecule has 2 aromatic rings. The molecule has 1 N–H and O–H groups in total. The first-order valence-electron chi connectivity index (χ1n) is 3.72. The normalized spacial score (nSPS) is 10.2. The van der Waals surface area contributed by atoms with Crippen LogP contribution in [-0.2, 0) is 0 Å². The highest BCUT2D eigenvalue weighted by molar-refractivity contribution is 7.71. The molecule has 0 unspecified atom stereocenters. The number of nitrogens with zero attached hydrogens (tertiary/aromatic N) is 2. The zero-order valence-corrected chi connectivity index (χ0v) is 8.58. The minimum atomic E-state index is 0.681. The number of nitrogens with one attached hydrogen (secondary N) is 1. The van der Waals surface area contributed by atoms with Crippen molar-refractivity contribution in [3.8, 4) is 11.3 Å². The Morgan fingerprint density at radius 2 is 2.38 bits per heavy atom. The Labute approximate surface area is 84.5 Å². The van der Waals surface area contributed by atoms with Gasteiger partial charge in [-0.05, 0) is 6.92 Å². The van der Waals surface area contributed by atoms with Crippen LogP contribution in [0.1, 0.15) is 5.01 Å². The van der Waals surface area contributed by atoms with Gasteiger partial charge in [0.1, 0.15) is 4.64 Å². The molecule has 0 saturated heterocycles. The number of H-pyrrole nitrogens is 1. The molecule has 0 aromatic carbocycles. The molecule has 0 aliphatic rings. The highest BCUT2D eigenvalue weighted by Gasteiger charge is 2.03. The molecule has 0 aliphatic carbocycles. The second-order valence-corrected chi connectivity index (χ2v) is 4.02. The van der Waals surface area contributed by atoms with Gasteiger partial charge in [0.25, 0.3) is 0 Å². The molecule has 13 heavy (non-hydrogen) atoms. The van der Waals surface area contributed by atoms with E-state index in [1.165, 1.54) is 0 Å². The average Bonchev–Trinajstić information content (AvgIpc) is 2.53. The summed E-state index contributed by atoms with van der Waals surface area (Å²) in [5.41, 5.74) is 1.79. The molecule has 3 nitrogen and oxygen atoms in total. The van der Waals surface area contributed by atoms with Gasteiger partial charge in [0.05, 0.1) is 22.6 Å². The molecule has 2 rings (SSSR count). The maximum absolute atomic E-state index is 5.11. The van der Waals surface area contributed by atoms with Gasteiger partial charge in [0, 0.05) is 11.6 Å². The zero-order valence-electron chi connectivity index (χ0n) is 6.94. The van der Waals surface area contributed by atoms with E-state index in [0.29, 0.717) is 4.64 Å². The van der Waals surface area contributed by atoms with Crippen LogP contribution in [0.2, 0.25) is 0 Å². The van der Waals surface area contributed by atoms with Crippen molar-refractivity contribution in [3.05, 3.63) is 27.6 Å². The molecule has 2 heterocycles. The SMILES string of the molecule is Cc1nc(-c2cnc[nH]c2=S)cs1. The molecule has 0 amide bonds. The van der Waals surface area contributed by atoms with Crippen LogP contribution in [0.3, 0.4) is 0 Å². The van der Waals surface area contributed by atoms with Crippen LogP contribution in [0.5, 0.6) is 0 Å². The van der Waals surface area contributed by atoms with Gasteiger partial charge >= 0.3 is 0 Å². The summed E-state index contributed by atoms with van der Waals surface area (Å²) in [6.45, 7) is 1.97. The topological polar surface area (TPSA) is 41.6 Å². The van der Waals surface area contributed by atoms with Crippen molar-refractivity contribution in [2.75, 3.05) is 0 Å². The Bertz CT molecular complexity index is 472. The van der Waals surface area contributed by atoms with Gasteiger partial charge in [-0.15, -0.1) is 11.3 Å². The highest BCUT2D eigenvalue weighted by Crippen LogP contribution is 2.20. The van der Waals surface area contributed by atoms with Crippen molar-refractivity contribution in [2.24, 2.45) is 0 Å². The first-order chi connectivity index (χ1) is 6.27. The van der Waals surface area contributed by atoms with Gasteiger partial charge in [0.15, 0.2) is 0 Å². The molecule has 5 heteroatoms. The number of hydrogen-bond acceptors (Lipinski definition) is 4. The number of thiazole rings is 1. The van der Waals surface area contributed by atoms with Crippen molar-refractivity contribution >= 4 is 23.6 Å². The van der Waals surface area contributed by atoms with E-state index in [1.807, 2.05) is 12.3 Å². The summed E-state index contributed by atoms with van der Waals surface area (Å²) in [5.74, 6) is 0. The van der Waals surface area contributed by atoms with Crippen molar-refractivity contribution in [1.29, 1.82) is 0 Å². The molecule has 66 valence electrons. The minimum Gasteiger partial charge on any atom is -0.337 e. The summed E-state index contributed by atoms with van der Waals surface area (Å²) in [5, 5.41) is 3.02. The number of aromatic nitrogens is 3.